The van der Waals surface area contributed by atoms with E-state index in [9.17, 15) is 23.3 Å². The molecular weight excluding hydrogens is 384 g/mol. The molecule has 0 N–H and O–H groups in total. The number of benzene rings is 2. The quantitative estimate of drug-likeness (QED) is 0.403. The molecule has 26 heavy (non-hydrogen) atoms. The van der Waals surface area contributed by atoms with Crippen LogP contribution in [0.25, 0.3) is 0 Å². The van der Waals surface area contributed by atoms with Crippen LogP contribution >= 0.6 is 11.6 Å². The molecule has 0 aromatic heterocycles. The molecule has 0 atom stereocenters. The van der Waals surface area contributed by atoms with Gasteiger partial charge in [0.25, 0.3) is 15.7 Å². The van der Waals surface area contributed by atoms with Crippen molar-refractivity contribution in [3.63, 3.8) is 0 Å². The minimum absolute atomic E-state index is 0.0636. The van der Waals surface area contributed by atoms with Crippen LogP contribution in [0.3, 0.4) is 0 Å². The van der Waals surface area contributed by atoms with Gasteiger partial charge in [0.15, 0.2) is 0 Å². The van der Waals surface area contributed by atoms with Gasteiger partial charge in [-0.05, 0) is 25.1 Å². The zero-order valence-corrected chi connectivity index (χ0v) is 15.2. The third-order valence-corrected chi connectivity index (χ3v) is 5.39. The molecule has 0 radical (unpaired) electrons. The summed E-state index contributed by atoms with van der Waals surface area (Å²) in [6, 6.07) is 10.6. The Morgan fingerprint density at radius 3 is 2.54 bits per heavy atom. The fourth-order valence-corrected chi connectivity index (χ4v) is 3.92. The van der Waals surface area contributed by atoms with Crippen LogP contribution < -0.4 is 4.31 Å². The molecule has 0 amide bonds. The second kappa shape index (κ2) is 8.15. The maximum Gasteiger partial charge on any atom is 0.326 e. The minimum atomic E-state index is -4.30. The molecule has 138 valence electrons. The number of hydrogen-bond donors (Lipinski definition) is 0. The van der Waals surface area contributed by atoms with E-state index in [0.29, 0.717) is 0 Å². The first kappa shape index (κ1) is 19.7. The maximum absolute atomic E-state index is 13.0. The molecule has 0 saturated carbocycles. The lowest BCUT2D eigenvalue weighted by molar-refractivity contribution is -0.385. The van der Waals surface area contributed by atoms with E-state index < -0.39 is 27.5 Å². The van der Waals surface area contributed by atoms with Gasteiger partial charge in [-0.1, -0.05) is 29.8 Å². The Morgan fingerprint density at radius 1 is 1.23 bits per heavy atom. The number of carbonyl (C=O) groups is 1. The van der Waals surface area contributed by atoms with Crippen molar-refractivity contribution in [2.75, 3.05) is 17.5 Å². The second-order valence-electron chi connectivity index (χ2n) is 5.02. The van der Waals surface area contributed by atoms with Gasteiger partial charge in [0.1, 0.15) is 6.54 Å². The Bertz CT molecular complexity index is 932. The van der Waals surface area contributed by atoms with Crippen LogP contribution in [0, 0.1) is 10.1 Å². The molecule has 0 aliphatic heterocycles. The molecule has 0 aliphatic carbocycles. The van der Waals surface area contributed by atoms with Gasteiger partial charge in [-0.3, -0.25) is 19.2 Å². The number of halogens is 1. The van der Waals surface area contributed by atoms with Crippen molar-refractivity contribution in [1.82, 2.24) is 0 Å². The highest BCUT2D eigenvalue weighted by atomic mass is 35.5. The first-order valence-electron chi connectivity index (χ1n) is 7.44. The smallest absolute Gasteiger partial charge is 0.326 e. The van der Waals surface area contributed by atoms with E-state index in [4.69, 9.17) is 16.3 Å². The second-order valence-corrected chi connectivity index (χ2v) is 7.29. The van der Waals surface area contributed by atoms with Crippen molar-refractivity contribution in [1.29, 1.82) is 0 Å². The lowest BCUT2D eigenvalue weighted by atomic mass is 10.3. The number of non-ortho nitro benzene ring substituents is 1. The number of sulfonamides is 1. The van der Waals surface area contributed by atoms with Crippen LogP contribution in [0.2, 0.25) is 5.02 Å². The van der Waals surface area contributed by atoms with E-state index in [1.54, 1.807) is 19.1 Å². The molecule has 0 unspecified atom stereocenters. The van der Waals surface area contributed by atoms with Crippen LogP contribution in [0.4, 0.5) is 11.4 Å². The van der Waals surface area contributed by atoms with Crippen molar-refractivity contribution >= 4 is 39.0 Å². The average molecular weight is 399 g/mol. The highest BCUT2D eigenvalue weighted by Crippen LogP contribution is 2.31. The Balaban J connectivity index is 2.56. The molecule has 10 heteroatoms. The number of nitro groups is 1. The van der Waals surface area contributed by atoms with Crippen molar-refractivity contribution < 1.29 is 22.9 Å². The van der Waals surface area contributed by atoms with E-state index in [0.717, 1.165) is 10.4 Å². The summed E-state index contributed by atoms with van der Waals surface area (Å²) in [6.07, 6.45) is 0. The van der Waals surface area contributed by atoms with Crippen molar-refractivity contribution in [3.05, 3.63) is 63.7 Å². The van der Waals surface area contributed by atoms with Gasteiger partial charge in [-0.25, -0.2) is 8.42 Å². The summed E-state index contributed by atoms with van der Waals surface area (Å²) in [5, 5.41) is 11.0. The number of anilines is 1. The first-order valence-corrected chi connectivity index (χ1v) is 9.26. The number of carbonyl (C=O) groups excluding carboxylic acids is 1. The van der Waals surface area contributed by atoms with Gasteiger partial charge in [-0.2, -0.15) is 0 Å². The van der Waals surface area contributed by atoms with E-state index in [1.165, 1.54) is 30.3 Å². The Kier molecular flexibility index (Phi) is 6.17. The third-order valence-electron chi connectivity index (χ3n) is 3.32. The van der Waals surface area contributed by atoms with Crippen LogP contribution in [0.15, 0.2) is 53.4 Å². The number of nitro benzene ring substituents is 1. The minimum Gasteiger partial charge on any atom is -0.465 e. The fraction of sp³-hybridized carbons (Fsp3) is 0.188. The Hall–Kier alpha value is -2.65. The lowest BCUT2D eigenvalue weighted by Gasteiger charge is -2.24. The molecule has 2 aromatic rings. The average Bonchev–Trinajstić information content (AvgIpc) is 2.60. The number of rotatable bonds is 7. The maximum atomic E-state index is 13.0. The van der Waals surface area contributed by atoms with Gasteiger partial charge in [0, 0.05) is 12.1 Å². The van der Waals surface area contributed by atoms with Crippen LogP contribution in [-0.2, 0) is 19.6 Å². The summed E-state index contributed by atoms with van der Waals surface area (Å²) in [4.78, 5) is 21.8. The van der Waals surface area contributed by atoms with Crippen LogP contribution in [-0.4, -0.2) is 32.5 Å². The van der Waals surface area contributed by atoms with Gasteiger partial charge in [-0.15, -0.1) is 0 Å². The molecule has 0 heterocycles. The number of nitrogens with zero attached hydrogens (tertiary/aromatic N) is 2. The third kappa shape index (κ3) is 4.30. The normalized spacial score (nSPS) is 11.0. The van der Waals surface area contributed by atoms with Gasteiger partial charge in [0.05, 0.1) is 27.1 Å². The number of ether oxygens (including phenoxy) is 1. The largest absolute Gasteiger partial charge is 0.465 e. The summed E-state index contributed by atoms with van der Waals surface area (Å²) in [5.74, 6) is -0.776. The zero-order chi connectivity index (χ0) is 19.3. The summed E-state index contributed by atoms with van der Waals surface area (Å²) in [7, 11) is -4.30. The molecule has 0 fully saturated rings. The summed E-state index contributed by atoms with van der Waals surface area (Å²) < 4.78 is 31.7. The molecule has 0 bridgehead atoms. The molecular formula is C16H15ClN2O6S. The summed E-state index contributed by atoms with van der Waals surface area (Å²) in [5.41, 5.74) is -0.324. The first-order chi connectivity index (χ1) is 12.3. The monoisotopic (exact) mass is 398 g/mol. The predicted molar refractivity (Wildman–Crippen MR) is 95.7 cm³/mol. The lowest BCUT2D eigenvalue weighted by Crippen LogP contribution is -2.36. The van der Waals surface area contributed by atoms with E-state index in [-0.39, 0.29) is 27.9 Å². The molecule has 0 aliphatic rings. The standard InChI is InChI=1S/C16H15ClN2O6S/c1-2-25-16(20)11-18(15-9-4-3-8-14(15)17)26(23,24)13-7-5-6-12(10-13)19(21)22/h3-10H,2,11H2,1H3. The van der Waals surface area contributed by atoms with Crippen LogP contribution in [0.5, 0.6) is 0 Å². The van der Waals surface area contributed by atoms with E-state index in [1.807, 2.05) is 0 Å². The topological polar surface area (TPSA) is 107 Å². The molecule has 0 spiro atoms. The number of esters is 1. The number of para-hydroxylation sites is 1. The van der Waals surface area contributed by atoms with Gasteiger partial charge >= 0.3 is 5.97 Å². The van der Waals surface area contributed by atoms with Crippen LogP contribution in [0.1, 0.15) is 6.92 Å². The van der Waals surface area contributed by atoms with E-state index in [2.05, 4.69) is 0 Å². The highest BCUT2D eigenvalue weighted by molar-refractivity contribution is 7.92. The predicted octanol–water partition coefficient (Wildman–Crippen LogP) is 3.01. The summed E-state index contributed by atoms with van der Waals surface area (Å²) >= 11 is 6.09. The zero-order valence-electron chi connectivity index (χ0n) is 13.7. The molecule has 0 saturated heterocycles. The summed E-state index contributed by atoms with van der Waals surface area (Å²) in [6.45, 7) is 1.04. The highest BCUT2D eigenvalue weighted by Gasteiger charge is 2.30. The SMILES string of the molecule is CCOC(=O)CN(c1ccccc1Cl)S(=O)(=O)c1cccc([N+](=O)[O-])c1. The number of hydrogen-bond acceptors (Lipinski definition) is 6. The van der Waals surface area contributed by atoms with E-state index >= 15 is 0 Å². The van der Waals surface area contributed by atoms with Crippen molar-refractivity contribution in [3.8, 4) is 0 Å². The Morgan fingerprint density at radius 2 is 1.92 bits per heavy atom. The molecule has 2 aromatic carbocycles. The Labute approximate surface area is 155 Å². The molecule has 2 rings (SSSR count). The van der Waals surface area contributed by atoms with Crippen molar-refractivity contribution in [2.45, 2.75) is 11.8 Å². The van der Waals surface area contributed by atoms with Gasteiger partial charge in [0.2, 0.25) is 0 Å². The molecule has 8 nitrogen and oxygen atoms in total. The van der Waals surface area contributed by atoms with Gasteiger partial charge < -0.3 is 4.74 Å². The fourth-order valence-electron chi connectivity index (χ4n) is 2.16. The van der Waals surface area contributed by atoms with Crippen molar-refractivity contribution in [2.24, 2.45) is 0 Å².